The molecule has 30 heavy (non-hydrogen) atoms. The molecule has 0 spiro atoms. The van der Waals surface area contributed by atoms with Gasteiger partial charge in [-0.05, 0) is 37.0 Å². The zero-order valence-electron chi connectivity index (χ0n) is 17.5. The van der Waals surface area contributed by atoms with E-state index >= 15 is 0 Å². The fourth-order valence-corrected chi connectivity index (χ4v) is 5.19. The zero-order chi connectivity index (χ0) is 22.5. The van der Waals surface area contributed by atoms with Crippen LogP contribution in [0.15, 0.2) is 23.1 Å². The highest BCUT2D eigenvalue weighted by Crippen LogP contribution is 2.30. The number of hydrogen-bond acceptors (Lipinski definition) is 4. The summed E-state index contributed by atoms with van der Waals surface area (Å²) in [7, 11) is -2.64. The van der Waals surface area contributed by atoms with Gasteiger partial charge in [0.05, 0.1) is 7.11 Å². The van der Waals surface area contributed by atoms with Crippen molar-refractivity contribution >= 4 is 15.9 Å². The lowest BCUT2D eigenvalue weighted by atomic mass is 10.1. The molecule has 1 heterocycles. The van der Waals surface area contributed by atoms with E-state index in [1.54, 1.807) is 13.8 Å². The Morgan fingerprint density at radius 2 is 1.77 bits per heavy atom. The highest BCUT2D eigenvalue weighted by molar-refractivity contribution is 7.89. The van der Waals surface area contributed by atoms with Crippen LogP contribution in [0.4, 0.5) is 13.2 Å². The number of nitrogens with zero attached hydrogens (tertiary/aromatic N) is 2. The standard InChI is InChI=1S/C20H29F3N2O4S/c1-15(2)13-24(14-20(21,22)23)19(26)16-8-9-17(29-3)18(12-16)30(27,28)25-10-6-4-5-7-11-25/h8-9,12,15H,4-7,10-11,13-14H2,1-3H3. The van der Waals surface area contributed by atoms with Gasteiger partial charge in [0.25, 0.3) is 5.91 Å². The second-order valence-electron chi connectivity index (χ2n) is 7.88. The molecule has 10 heteroatoms. The Bertz CT molecular complexity index is 833. The Morgan fingerprint density at radius 1 is 1.17 bits per heavy atom. The third-order valence-electron chi connectivity index (χ3n) is 4.84. The summed E-state index contributed by atoms with van der Waals surface area (Å²) in [4.78, 5) is 13.3. The number of amides is 1. The number of hydrogen-bond donors (Lipinski definition) is 0. The average molecular weight is 451 g/mol. The Labute approximate surface area is 176 Å². The highest BCUT2D eigenvalue weighted by Gasteiger charge is 2.35. The number of ether oxygens (including phenoxy) is 1. The molecule has 0 N–H and O–H groups in total. The summed E-state index contributed by atoms with van der Waals surface area (Å²) in [6.07, 6.45) is -1.23. The van der Waals surface area contributed by atoms with Gasteiger partial charge in [-0.1, -0.05) is 26.7 Å². The number of benzene rings is 1. The monoisotopic (exact) mass is 450 g/mol. The van der Waals surface area contributed by atoms with Gasteiger partial charge < -0.3 is 9.64 Å². The fraction of sp³-hybridized carbons (Fsp3) is 0.650. The number of rotatable bonds is 7. The van der Waals surface area contributed by atoms with Gasteiger partial charge in [0.2, 0.25) is 10.0 Å². The molecule has 1 amide bonds. The molecule has 6 nitrogen and oxygen atoms in total. The molecule has 1 fully saturated rings. The summed E-state index contributed by atoms with van der Waals surface area (Å²) in [5.41, 5.74) is -0.117. The van der Waals surface area contributed by atoms with Gasteiger partial charge in [0, 0.05) is 25.2 Å². The van der Waals surface area contributed by atoms with Crippen LogP contribution in [-0.4, -0.2) is 63.0 Å². The number of alkyl halides is 3. The topological polar surface area (TPSA) is 66.9 Å². The maximum Gasteiger partial charge on any atom is 0.406 e. The minimum atomic E-state index is -4.56. The van der Waals surface area contributed by atoms with Crippen molar-refractivity contribution in [2.24, 2.45) is 5.92 Å². The summed E-state index contributed by atoms with van der Waals surface area (Å²) in [5.74, 6) is -0.993. The lowest BCUT2D eigenvalue weighted by Crippen LogP contribution is -2.41. The van der Waals surface area contributed by atoms with Gasteiger partial charge in [-0.2, -0.15) is 17.5 Å². The van der Waals surface area contributed by atoms with Crippen LogP contribution in [0.5, 0.6) is 5.75 Å². The summed E-state index contributed by atoms with van der Waals surface area (Å²) in [6.45, 7) is 2.64. The predicted molar refractivity (Wildman–Crippen MR) is 107 cm³/mol. The zero-order valence-corrected chi connectivity index (χ0v) is 18.4. The number of sulfonamides is 1. The normalized spacial score (nSPS) is 16.4. The van der Waals surface area contributed by atoms with E-state index in [9.17, 15) is 26.4 Å². The van der Waals surface area contributed by atoms with Crippen molar-refractivity contribution in [2.75, 3.05) is 33.3 Å². The van der Waals surface area contributed by atoms with E-state index in [2.05, 4.69) is 0 Å². The van der Waals surface area contributed by atoms with Crippen molar-refractivity contribution in [1.82, 2.24) is 9.21 Å². The molecule has 1 aliphatic heterocycles. The molecule has 1 aromatic carbocycles. The summed E-state index contributed by atoms with van der Waals surface area (Å²) < 4.78 is 71.9. The summed E-state index contributed by atoms with van der Waals surface area (Å²) >= 11 is 0. The second-order valence-corrected chi connectivity index (χ2v) is 9.78. The number of halogens is 3. The van der Waals surface area contributed by atoms with Gasteiger partial charge in [-0.3, -0.25) is 4.79 Å². The average Bonchev–Trinajstić information content (AvgIpc) is 2.95. The SMILES string of the molecule is COc1ccc(C(=O)N(CC(C)C)CC(F)(F)F)cc1S(=O)(=O)N1CCCCCC1. The molecule has 1 aromatic rings. The minimum absolute atomic E-state index is 0.0574. The van der Waals surface area contributed by atoms with E-state index in [4.69, 9.17) is 4.74 Å². The lowest BCUT2D eigenvalue weighted by Gasteiger charge is -2.26. The first kappa shape index (κ1) is 24.5. The van der Waals surface area contributed by atoms with E-state index in [1.807, 2.05) is 0 Å². The van der Waals surface area contributed by atoms with E-state index in [0.29, 0.717) is 18.0 Å². The van der Waals surface area contributed by atoms with E-state index in [0.717, 1.165) is 31.7 Å². The van der Waals surface area contributed by atoms with Crippen LogP contribution in [0, 0.1) is 5.92 Å². The smallest absolute Gasteiger partial charge is 0.406 e. The molecule has 0 atom stereocenters. The lowest BCUT2D eigenvalue weighted by molar-refractivity contribution is -0.141. The molecular formula is C20H29F3N2O4S. The maximum absolute atomic E-state index is 13.2. The van der Waals surface area contributed by atoms with Crippen LogP contribution in [0.2, 0.25) is 0 Å². The summed E-state index contributed by atoms with van der Waals surface area (Å²) in [5, 5.41) is 0. The first-order valence-electron chi connectivity index (χ1n) is 10.00. The van der Waals surface area contributed by atoms with Crippen LogP contribution < -0.4 is 4.74 Å². The first-order valence-corrected chi connectivity index (χ1v) is 11.4. The Balaban J connectivity index is 2.43. The second kappa shape index (κ2) is 10.00. The van der Waals surface area contributed by atoms with Gasteiger partial charge in [0.15, 0.2) is 0 Å². The minimum Gasteiger partial charge on any atom is -0.495 e. The maximum atomic E-state index is 13.2. The van der Waals surface area contributed by atoms with Gasteiger partial charge >= 0.3 is 6.18 Å². The molecule has 1 aliphatic rings. The van der Waals surface area contributed by atoms with Crippen molar-refractivity contribution in [3.05, 3.63) is 23.8 Å². The van der Waals surface area contributed by atoms with Crippen LogP contribution in [0.25, 0.3) is 0 Å². The highest BCUT2D eigenvalue weighted by atomic mass is 32.2. The van der Waals surface area contributed by atoms with Crippen molar-refractivity contribution in [3.63, 3.8) is 0 Å². The Morgan fingerprint density at radius 3 is 2.27 bits per heavy atom. The summed E-state index contributed by atoms with van der Waals surface area (Å²) in [6, 6.07) is 3.75. The molecule has 0 bridgehead atoms. The van der Waals surface area contributed by atoms with Gasteiger partial charge in [-0.15, -0.1) is 0 Å². The van der Waals surface area contributed by atoms with Crippen LogP contribution in [-0.2, 0) is 10.0 Å². The van der Waals surface area contributed by atoms with Crippen molar-refractivity contribution in [2.45, 2.75) is 50.6 Å². The number of carbonyl (C=O) groups excluding carboxylic acids is 1. The van der Waals surface area contributed by atoms with Crippen LogP contribution in [0.1, 0.15) is 49.9 Å². The van der Waals surface area contributed by atoms with Crippen molar-refractivity contribution < 1.29 is 31.1 Å². The molecule has 0 radical (unpaired) electrons. The number of methoxy groups -OCH3 is 1. The Hall–Kier alpha value is -1.81. The quantitative estimate of drug-likeness (QED) is 0.632. The molecule has 2 rings (SSSR count). The van der Waals surface area contributed by atoms with Crippen LogP contribution >= 0.6 is 0 Å². The Kier molecular flexibility index (Phi) is 8.15. The molecule has 170 valence electrons. The first-order chi connectivity index (χ1) is 14.0. The van der Waals surface area contributed by atoms with Crippen LogP contribution in [0.3, 0.4) is 0 Å². The molecular weight excluding hydrogens is 421 g/mol. The molecule has 0 aliphatic carbocycles. The van der Waals surface area contributed by atoms with Crippen molar-refractivity contribution in [3.8, 4) is 5.75 Å². The van der Waals surface area contributed by atoms with E-state index < -0.39 is 28.7 Å². The van der Waals surface area contributed by atoms with E-state index in [1.165, 1.54) is 23.5 Å². The molecule has 0 aromatic heterocycles. The number of carbonyl (C=O) groups is 1. The third-order valence-corrected chi connectivity index (χ3v) is 6.76. The largest absolute Gasteiger partial charge is 0.495 e. The molecule has 0 saturated carbocycles. The van der Waals surface area contributed by atoms with Gasteiger partial charge in [-0.25, -0.2) is 8.42 Å². The third kappa shape index (κ3) is 6.34. The fourth-order valence-electron chi connectivity index (χ4n) is 3.49. The van der Waals surface area contributed by atoms with Gasteiger partial charge in [0.1, 0.15) is 17.2 Å². The predicted octanol–water partition coefficient (Wildman–Crippen LogP) is 3.92. The van der Waals surface area contributed by atoms with Crippen molar-refractivity contribution in [1.29, 1.82) is 0 Å². The molecule has 1 saturated heterocycles. The molecule has 0 unspecified atom stereocenters. The van der Waals surface area contributed by atoms with E-state index in [-0.39, 0.29) is 28.7 Å².